The molecule has 0 atom stereocenters. The van der Waals surface area contributed by atoms with Gasteiger partial charge in [-0.1, -0.05) is 28.1 Å². The van der Waals surface area contributed by atoms with E-state index in [1.54, 1.807) is 30.3 Å². The van der Waals surface area contributed by atoms with Crippen molar-refractivity contribution in [2.24, 2.45) is 0 Å². The van der Waals surface area contributed by atoms with Gasteiger partial charge in [0, 0.05) is 27.1 Å². The molecular weight excluding hydrogens is 348 g/mol. The van der Waals surface area contributed by atoms with Gasteiger partial charge in [0.1, 0.15) is 24.2 Å². The molecule has 0 spiro atoms. The van der Waals surface area contributed by atoms with Gasteiger partial charge in [-0.15, -0.1) is 0 Å². The summed E-state index contributed by atoms with van der Waals surface area (Å²) in [4.78, 5) is 22.4. The molecule has 0 saturated heterocycles. The van der Waals surface area contributed by atoms with Crippen LogP contribution >= 0.6 is 15.9 Å². The molecule has 22 heavy (non-hydrogen) atoms. The number of hydrogen-bond acceptors (Lipinski definition) is 4. The van der Waals surface area contributed by atoms with E-state index in [-0.39, 0.29) is 6.61 Å². The Bertz CT molecular complexity index is 899. The summed E-state index contributed by atoms with van der Waals surface area (Å²) in [7, 11) is 0. The third-order valence-corrected chi connectivity index (χ3v) is 3.67. The van der Waals surface area contributed by atoms with Gasteiger partial charge in [0.15, 0.2) is 0 Å². The van der Waals surface area contributed by atoms with E-state index >= 15 is 0 Å². The normalized spacial score (nSPS) is 10.6. The van der Waals surface area contributed by atoms with Crippen molar-refractivity contribution in [2.75, 3.05) is 0 Å². The number of fused-ring (bicyclic) bond motifs is 1. The quantitative estimate of drug-likeness (QED) is 0.523. The molecule has 4 nitrogen and oxygen atoms in total. The van der Waals surface area contributed by atoms with Gasteiger partial charge in [-0.3, -0.25) is 4.79 Å². The predicted molar refractivity (Wildman–Crippen MR) is 86.3 cm³/mol. The molecule has 0 aliphatic heterocycles. The fraction of sp³-hybridized carbons (Fsp3) is 0.0588. The molecule has 0 fully saturated rings. The molecule has 0 aliphatic rings. The summed E-state index contributed by atoms with van der Waals surface area (Å²) in [5.74, 6) is 0.570. The van der Waals surface area contributed by atoms with E-state index in [1.807, 2.05) is 12.1 Å². The lowest BCUT2D eigenvalue weighted by Crippen LogP contribution is -2.04. The van der Waals surface area contributed by atoms with E-state index in [1.165, 1.54) is 6.07 Å². The number of carbonyl (C=O) groups excluding carboxylic acids is 1. The maximum Gasteiger partial charge on any atom is 0.336 e. The minimum atomic E-state index is -0.421. The highest BCUT2D eigenvalue weighted by molar-refractivity contribution is 9.10. The zero-order valence-electron chi connectivity index (χ0n) is 11.4. The lowest BCUT2D eigenvalue weighted by Gasteiger charge is -2.09. The molecule has 3 rings (SSSR count). The van der Waals surface area contributed by atoms with Crippen molar-refractivity contribution < 1.29 is 13.9 Å². The fourth-order valence-electron chi connectivity index (χ4n) is 2.16. The Balaban J connectivity index is 1.94. The number of hydrogen-bond donors (Lipinski definition) is 0. The zero-order valence-corrected chi connectivity index (χ0v) is 13.0. The van der Waals surface area contributed by atoms with Gasteiger partial charge in [0.25, 0.3) is 0 Å². The molecule has 1 aromatic heterocycles. The van der Waals surface area contributed by atoms with Gasteiger partial charge in [0.2, 0.25) is 0 Å². The second-order valence-corrected chi connectivity index (χ2v) is 5.63. The first kappa shape index (κ1) is 14.5. The highest BCUT2D eigenvalue weighted by Gasteiger charge is 2.07. The molecule has 0 radical (unpaired) electrons. The number of benzene rings is 2. The topological polar surface area (TPSA) is 56.5 Å². The van der Waals surface area contributed by atoms with Crippen molar-refractivity contribution in [3.63, 3.8) is 0 Å². The minimum Gasteiger partial charge on any atom is -0.489 e. The largest absolute Gasteiger partial charge is 0.489 e. The summed E-state index contributed by atoms with van der Waals surface area (Å²) >= 11 is 3.40. The van der Waals surface area contributed by atoms with E-state index in [2.05, 4.69) is 15.9 Å². The lowest BCUT2D eigenvalue weighted by molar-refractivity contribution is 0.112. The Morgan fingerprint density at radius 2 is 2.00 bits per heavy atom. The van der Waals surface area contributed by atoms with Crippen molar-refractivity contribution in [3.8, 4) is 5.75 Å². The highest BCUT2D eigenvalue weighted by Crippen LogP contribution is 2.23. The Morgan fingerprint density at radius 3 is 2.82 bits per heavy atom. The van der Waals surface area contributed by atoms with Crippen LogP contribution in [0.2, 0.25) is 0 Å². The number of halogens is 1. The third kappa shape index (κ3) is 3.09. The van der Waals surface area contributed by atoms with Crippen LogP contribution in [0.15, 0.2) is 62.2 Å². The molecule has 0 saturated carbocycles. The fourth-order valence-corrected chi connectivity index (χ4v) is 2.52. The second-order valence-electron chi connectivity index (χ2n) is 4.71. The van der Waals surface area contributed by atoms with Crippen molar-refractivity contribution >= 4 is 33.2 Å². The van der Waals surface area contributed by atoms with E-state index in [0.29, 0.717) is 16.9 Å². The highest BCUT2D eigenvalue weighted by atomic mass is 79.9. The Hall–Kier alpha value is -2.40. The summed E-state index contributed by atoms with van der Waals surface area (Å²) in [6.07, 6.45) is 0.760. The molecule has 2 aromatic carbocycles. The Morgan fingerprint density at radius 1 is 1.14 bits per heavy atom. The molecule has 1 heterocycles. The number of carbonyl (C=O) groups is 1. The number of aldehydes is 1. The summed E-state index contributed by atoms with van der Waals surface area (Å²) in [6, 6.07) is 13.7. The third-order valence-electron chi connectivity index (χ3n) is 3.18. The minimum absolute atomic E-state index is 0.209. The molecule has 110 valence electrons. The summed E-state index contributed by atoms with van der Waals surface area (Å²) in [5, 5.41) is 0.806. The summed E-state index contributed by atoms with van der Waals surface area (Å²) in [5.41, 5.74) is 1.35. The van der Waals surface area contributed by atoms with Crippen LogP contribution < -0.4 is 10.4 Å². The van der Waals surface area contributed by atoms with Crippen LogP contribution in [0.25, 0.3) is 11.0 Å². The maximum atomic E-state index is 11.6. The van der Waals surface area contributed by atoms with Gasteiger partial charge >= 0.3 is 5.63 Å². The summed E-state index contributed by atoms with van der Waals surface area (Å²) in [6.45, 7) is 0.209. The van der Waals surface area contributed by atoms with E-state index < -0.39 is 5.63 Å². The van der Waals surface area contributed by atoms with Gasteiger partial charge < -0.3 is 9.15 Å². The predicted octanol–water partition coefficient (Wildman–Crippen LogP) is 3.95. The van der Waals surface area contributed by atoms with Crippen LogP contribution in [-0.4, -0.2) is 6.29 Å². The molecular formula is C17H11BrO4. The molecule has 0 N–H and O–H groups in total. The average molecular weight is 359 g/mol. The van der Waals surface area contributed by atoms with Crippen LogP contribution in [0.1, 0.15) is 15.9 Å². The molecule has 0 bridgehead atoms. The average Bonchev–Trinajstić information content (AvgIpc) is 2.53. The molecule has 5 heteroatoms. The first-order valence-electron chi connectivity index (χ1n) is 6.56. The summed E-state index contributed by atoms with van der Waals surface area (Å²) < 4.78 is 11.7. The van der Waals surface area contributed by atoms with Crippen LogP contribution in [0.3, 0.4) is 0 Å². The van der Waals surface area contributed by atoms with E-state index in [0.717, 1.165) is 21.7 Å². The van der Waals surface area contributed by atoms with Gasteiger partial charge in [0.05, 0.1) is 0 Å². The molecule has 0 aliphatic carbocycles. The van der Waals surface area contributed by atoms with Crippen molar-refractivity contribution in [2.45, 2.75) is 6.61 Å². The van der Waals surface area contributed by atoms with Crippen LogP contribution in [0.4, 0.5) is 0 Å². The molecule has 3 aromatic rings. The monoisotopic (exact) mass is 358 g/mol. The standard InChI is InChI=1S/C17H11BrO4/c18-13-4-5-16-15(8-13)12(7-17(20)22-16)10-21-14-3-1-2-11(6-14)9-19/h1-9H,10H2. The van der Waals surface area contributed by atoms with Crippen LogP contribution in [0, 0.1) is 0 Å². The molecule has 0 amide bonds. The molecule has 0 unspecified atom stereocenters. The SMILES string of the molecule is O=Cc1cccc(OCc2cc(=O)oc3ccc(Br)cc23)c1. The Labute approximate surface area is 134 Å². The van der Waals surface area contributed by atoms with E-state index in [4.69, 9.17) is 9.15 Å². The van der Waals surface area contributed by atoms with Crippen LogP contribution in [0.5, 0.6) is 5.75 Å². The van der Waals surface area contributed by atoms with Crippen molar-refractivity contribution in [1.29, 1.82) is 0 Å². The first-order valence-corrected chi connectivity index (χ1v) is 7.35. The van der Waals surface area contributed by atoms with Crippen molar-refractivity contribution in [1.82, 2.24) is 0 Å². The maximum absolute atomic E-state index is 11.6. The van der Waals surface area contributed by atoms with Gasteiger partial charge in [-0.05, 0) is 30.3 Å². The number of ether oxygens (including phenoxy) is 1. The van der Waals surface area contributed by atoms with E-state index in [9.17, 15) is 9.59 Å². The smallest absolute Gasteiger partial charge is 0.336 e. The van der Waals surface area contributed by atoms with Crippen LogP contribution in [-0.2, 0) is 6.61 Å². The van der Waals surface area contributed by atoms with Gasteiger partial charge in [-0.2, -0.15) is 0 Å². The lowest BCUT2D eigenvalue weighted by atomic mass is 10.1. The zero-order chi connectivity index (χ0) is 15.5. The van der Waals surface area contributed by atoms with Gasteiger partial charge in [-0.25, -0.2) is 4.79 Å². The number of rotatable bonds is 4. The Kier molecular flexibility index (Phi) is 4.06. The first-order chi connectivity index (χ1) is 10.7. The second kappa shape index (κ2) is 6.15. The van der Waals surface area contributed by atoms with Crippen molar-refractivity contribution in [3.05, 3.63) is 74.6 Å².